The first-order chi connectivity index (χ1) is 10.3. The van der Waals surface area contributed by atoms with Crippen molar-refractivity contribution in [3.8, 4) is 0 Å². The number of nitrogens with zero attached hydrogens (tertiary/aromatic N) is 1. The zero-order valence-corrected chi connectivity index (χ0v) is 13.2. The van der Waals surface area contributed by atoms with Gasteiger partial charge in [0.1, 0.15) is 6.04 Å². The van der Waals surface area contributed by atoms with Gasteiger partial charge in [0.15, 0.2) is 0 Å². The van der Waals surface area contributed by atoms with Crippen molar-refractivity contribution >= 4 is 17.8 Å². The Labute approximate surface area is 130 Å². The third-order valence-corrected chi connectivity index (χ3v) is 4.32. The lowest BCUT2D eigenvalue weighted by Gasteiger charge is -2.43. The van der Waals surface area contributed by atoms with Crippen LogP contribution in [-0.2, 0) is 14.4 Å². The van der Waals surface area contributed by atoms with Gasteiger partial charge in [-0.1, -0.05) is 0 Å². The Morgan fingerprint density at radius 2 is 1.91 bits per heavy atom. The van der Waals surface area contributed by atoms with Gasteiger partial charge in [-0.05, 0) is 38.5 Å². The highest BCUT2D eigenvalue weighted by Gasteiger charge is 2.38. The molecule has 124 valence electrons. The number of carbonyl (C=O) groups excluding carboxylic acids is 2. The van der Waals surface area contributed by atoms with Gasteiger partial charge in [-0.15, -0.1) is 0 Å². The summed E-state index contributed by atoms with van der Waals surface area (Å²) < 4.78 is 0. The van der Waals surface area contributed by atoms with Crippen LogP contribution in [0.1, 0.15) is 39.5 Å². The molecule has 22 heavy (non-hydrogen) atoms. The number of carboxylic acids is 1. The van der Waals surface area contributed by atoms with Gasteiger partial charge >= 0.3 is 5.97 Å². The van der Waals surface area contributed by atoms with E-state index >= 15 is 0 Å². The third kappa shape index (κ3) is 4.98. The maximum Gasteiger partial charge on any atom is 0.317 e. The summed E-state index contributed by atoms with van der Waals surface area (Å²) in [6.45, 7) is 3.95. The molecule has 0 bridgehead atoms. The molecule has 2 saturated carbocycles. The molecule has 2 aliphatic rings. The van der Waals surface area contributed by atoms with E-state index in [4.69, 9.17) is 5.11 Å². The smallest absolute Gasteiger partial charge is 0.317 e. The van der Waals surface area contributed by atoms with Crippen LogP contribution in [0, 0.1) is 5.92 Å². The minimum Gasteiger partial charge on any atom is -0.480 e. The standard InChI is InChI=1S/C15H25N3O4/c1-9(16-10(2)19)15(22)17-12-5-13(6-12)18(8-14(20)21)7-11-3-4-11/h9,11-13H,3-8H2,1-2H3,(H,16,19)(H,17,22)(H,20,21)/t9-,12?,13?/m1/s1. The zero-order valence-electron chi connectivity index (χ0n) is 13.2. The summed E-state index contributed by atoms with van der Waals surface area (Å²) >= 11 is 0. The van der Waals surface area contributed by atoms with Crippen LogP contribution >= 0.6 is 0 Å². The van der Waals surface area contributed by atoms with Crippen molar-refractivity contribution in [2.45, 2.75) is 57.7 Å². The maximum absolute atomic E-state index is 11.9. The molecule has 0 aromatic carbocycles. The largest absolute Gasteiger partial charge is 0.480 e. The first kappa shape index (κ1) is 16.7. The van der Waals surface area contributed by atoms with Gasteiger partial charge in [0.05, 0.1) is 6.54 Å². The normalized spacial score (nSPS) is 25.2. The molecule has 0 aromatic rings. The molecule has 0 radical (unpaired) electrons. The molecule has 7 nitrogen and oxygen atoms in total. The first-order valence-corrected chi connectivity index (χ1v) is 7.88. The van der Waals surface area contributed by atoms with Gasteiger partial charge in [0.2, 0.25) is 11.8 Å². The molecule has 2 aliphatic carbocycles. The molecule has 2 fully saturated rings. The summed E-state index contributed by atoms with van der Waals surface area (Å²) in [7, 11) is 0. The fraction of sp³-hybridized carbons (Fsp3) is 0.800. The topological polar surface area (TPSA) is 98.7 Å². The van der Waals surface area contributed by atoms with Crippen LogP contribution in [0.25, 0.3) is 0 Å². The summed E-state index contributed by atoms with van der Waals surface area (Å²) in [5.41, 5.74) is 0. The van der Waals surface area contributed by atoms with Gasteiger partial charge in [-0.2, -0.15) is 0 Å². The van der Waals surface area contributed by atoms with Gasteiger partial charge in [-0.25, -0.2) is 0 Å². The highest BCUT2D eigenvalue weighted by atomic mass is 16.4. The van der Waals surface area contributed by atoms with Crippen LogP contribution in [0.5, 0.6) is 0 Å². The van der Waals surface area contributed by atoms with E-state index in [1.54, 1.807) is 6.92 Å². The van der Waals surface area contributed by atoms with Gasteiger partial charge in [0, 0.05) is 25.6 Å². The molecule has 0 saturated heterocycles. The Balaban J connectivity index is 1.73. The molecule has 0 heterocycles. The molecule has 2 rings (SSSR count). The summed E-state index contributed by atoms with van der Waals surface area (Å²) in [6.07, 6.45) is 3.94. The number of carboxylic acid groups (broad SMARTS) is 1. The Bertz CT molecular complexity index is 444. The average Bonchev–Trinajstić information content (AvgIpc) is 3.14. The lowest BCUT2D eigenvalue weighted by molar-refractivity contribution is -0.140. The van der Waals surface area contributed by atoms with E-state index in [9.17, 15) is 14.4 Å². The molecule has 7 heteroatoms. The third-order valence-electron chi connectivity index (χ3n) is 4.32. The second-order valence-corrected chi connectivity index (χ2v) is 6.52. The van der Waals surface area contributed by atoms with Crippen LogP contribution in [0.4, 0.5) is 0 Å². The van der Waals surface area contributed by atoms with Gasteiger partial charge < -0.3 is 15.7 Å². The number of nitrogens with one attached hydrogen (secondary N) is 2. The number of aliphatic carboxylic acids is 1. The van der Waals surface area contributed by atoms with E-state index in [2.05, 4.69) is 10.6 Å². The minimum atomic E-state index is -0.799. The number of hydrogen-bond acceptors (Lipinski definition) is 4. The van der Waals surface area contributed by atoms with Crippen molar-refractivity contribution in [1.82, 2.24) is 15.5 Å². The summed E-state index contributed by atoms with van der Waals surface area (Å²) in [6, 6.07) is -0.236. The number of carbonyl (C=O) groups is 3. The summed E-state index contributed by atoms with van der Waals surface area (Å²) in [4.78, 5) is 35.8. The molecule has 1 atom stereocenters. The van der Waals surface area contributed by atoms with Crippen molar-refractivity contribution in [3.63, 3.8) is 0 Å². The Morgan fingerprint density at radius 1 is 1.27 bits per heavy atom. The summed E-state index contributed by atoms with van der Waals surface area (Å²) in [5.74, 6) is -0.572. The predicted octanol–water partition coefficient (Wildman–Crippen LogP) is -0.0452. The average molecular weight is 311 g/mol. The van der Waals surface area contributed by atoms with Gasteiger partial charge in [-0.3, -0.25) is 19.3 Å². The van der Waals surface area contributed by atoms with E-state index in [1.165, 1.54) is 19.8 Å². The molecular weight excluding hydrogens is 286 g/mol. The van der Waals surface area contributed by atoms with E-state index in [-0.39, 0.29) is 30.4 Å². The quantitative estimate of drug-likeness (QED) is 0.584. The monoisotopic (exact) mass is 311 g/mol. The SMILES string of the molecule is CC(=O)N[C@H](C)C(=O)NC1CC(N(CC(=O)O)CC2CC2)C1. The molecule has 2 amide bonds. The maximum atomic E-state index is 11.9. The highest BCUT2D eigenvalue weighted by molar-refractivity contribution is 5.86. The molecule has 3 N–H and O–H groups in total. The second kappa shape index (κ2) is 7.09. The van der Waals surface area contributed by atoms with Crippen LogP contribution in [-0.4, -0.2) is 59.0 Å². The van der Waals surface area contributed by atoms with E-state index in [0.29, 0.717) is 5.92 Å². The summed E-state index contributed by atoms with van der Waals surface area (Å²) in [5, 5.41) is 14.5. The Kier molecular flexibility index (Phi) is 5.39. The van der Waals surface area contributed by atoms with Crippen LogP contribution in [0.2, 0.25) is 0 Å². The molecule has 0 spiro atoms. The molecule has 0 aliphatic heterocycles. The fourth-order valence-electron chi connectivity index (χ4n) is 2.85. The molecule has 0 aromatic heterocycles. The predicted molar refractivity (Wildman–Crippen MR) is 80.2 cm³/mol. The minimum absolute atomic E-state index is 0.0733. The van der Waals surface area contributed by atoms with Crippen LogP contribution in [0.15, 0.2) is 0 Å². The number of rotatable bonds is 8. The lowest BCUT2D eigenvalue weighted by Crippen LogP contribution is -2.57. The Hall–Kier alpha value is -1.63. The lowest BCUT2D eigenvalue weighted by atomic mass is 9.85. The van der Waals surface area contributed by atoms with E-state index < -0.39 is 12.0 Å². The molecule has 0 unspecified atom stereocenters. The highest BCUT2D eigenvalue weighted by Crippen LogP contribution is 2.33. The first-order valence-electron chi connectivity index (χ1n) is 7.88. The van der Waals surface area contributed by atoms with Crippen LogP contribution in [0.3, 0.4) is 0 Å². The fourth-order valence-corrected chi connectivity index (χ4v) is 2.85. The number of hydrogen-bond donors (Lipinski definition) is 3. The van der Waals surface area contributed by atoms with Crippen LogP contribution < -0.4 is 10.6 Å². The zero-order chi connectivity index (χ0) is 16.3. The van der Waals surface area contributed by atoms with Crippen molar-refractivity contribution in [3.05, 3.63) is 0 Å². The van der Waals surface area contributed by atoms with Crippen molar-refractivity contribution in [2.75, 3.05) is 13.1 Å². The van der Waals surface area contributed by atoms with Crippen molar-refractivity contribution in [2.24, 2.45) is 5.92 Å². The number of amides is 2. The van der Waals surface area contributed by atoms with Crippen molar-refractivity contribution < 1.29 is 19.5 Å². The van der Waals surface area contributed by atoms with Gasteiger partial charge in [0.25, 0.3) is 0 Å². The van der Waals surface area contributed by atoms with Crippen molar-refractivity contribution in [1.29, 1.82) is 0 Å². The molecular formula is C15H25N3O4. The Morgan fingerprint density at radius 3 is 2.41 bits per heavy atom. The second-order valence-electron chi connectivity index (χ2n) is 6.52. The van der Waals surface area contributed by atoms with E-state index in [0.717, 1.165) is 19.4 Å². The van der Waals surface area contributed by atoms with E-state index in [1.807, 2.05) is 4.90 Å².